The van der Waals surface area contributed by atoms with Crippen molar-refractivity contribution in [2.75, 3.05) is 30.6 Å². The molecule has 9 nitrogen and oxygen atoms in total. The summed E-state index contributed by atoms with van der Waals surface area (Å²) in [6.45, 7) is 2.42. The van der Waals surface area contributed by atoms with Crippen LogP contribution in [0.25, 0.3) is 11.2 Å². The molecule has 2 aliphatic rings. The van der Waals surface area contributed by atoms with Crippen LogP contribution >= 0.6 is 0 Å². The average molecular weight is 537 g/mol. The number of carbonyl (C=O) groups excluding carboxylic acids is 1. The van der Waals surface area contributed by atoms with Gasteiger partial charge in [-0.1, -0.05) is 18.2 Å². The molecule has 0 radical (unpaired) electrons. The maximum atomic E-state index is 13.6. The number of pyridine rings is 1. The van der Waals surface area contributed by atoms with E-state index in [1.807, 2.05) is 0 Å². The summed E-state index contributed by atoms with van der Waals surface area (Å²) in [6.07, 6.45) is -2.41. The largest absolute Gasteiger partial charge is 0.416 e. The Morgan fingerprint density at radius 1 is 1.24 bits per heavy atom. The van der Waals surface area contributed by atoms with Crippen LogP contribution in [-0.2, 0) is 27.5 Å². The number of nitrogens with zero attached hydrogens (tertiary/aromatic N) is 4. The molecule has 0 aliphatic carbocycles. The molecule has 1 aromatic carbocycles. The molecule has 5 rings (SSSR count). The first-order chi connectivity index (χ1) is 17.5. The fourth-order valence-electron chi connectivity index (χ4n) is 5.29. The standard InChI is InChI=1S/C24H27F3N6O3S/c1-3-37(35,36)31-19-10-18(16-12-32(2)23(34)20-15(16)8-9-28-20)30-22-21(19)29-13-33(22)11-14-6-4-5-7-17(14)24(25,26)27/h4-7,10,13,15-16,20,28H,3,8-9,11-12H2,1-2H3,(H,30,31). The van der Waals surface area contributed by atoms with Crippen LogP contribution in [0, 0.1) is 5.92 Å². The Bertz CT molecular complexity index is 1460. The number of halogens is 3. The van der Waals surface area contributed by atoms with Crippen LogP contribution in [0.1, 0.15) is 36.1 Å². The first kappa shape index (κ1) is 25.5. The lowest BCUT2D eigenvalue weighted by Gasteiger charge is -2.38. The van der Waals surface area contributed by atoms with Gasteiger partial charge in [0.1, 0.15) is 5.52 Å². The molecule has 2 saturated heterocycles. The van der Waals surface area contributed by atoms with Gasteiger partial charge in [-0.15, -0.1) is 0 Å². The molecule has 1 amide bonds. The van der Waals surface area contributed by atoms with Gasteiger partial charge in [-0.25, -0.2) is 18.4 Å². The maximum Gasteiger partial charge on any atom is 0.416 e. The van der Waals surface area contributed by atoms with Gasteiger partial charge in [0, 0.05) is 19.5 Å². The minimum Gasteiger partial charge on any atom is -0.344 e. The highest BCUT2D eigenvalue weighted by atomic mass is 32.2. The van der Waals surface area contributed by atoms with E-state index in [-0.39, 0.29) is 58.5 Å². The smallest absolute Gasteiger partial charge is 0.344 e. The van der Waals surface area contributed by atoms with Crippen molar-refractivity contribution in [1.82, 2.24) is 24.8 Å². The molecule has 3 aromatic rings. The number of nitrogens with one attached hydrogen (secondary N) is 2. The molecule has 198 valence electrons. The molecule has 37 heavy (non-hydrogen) atoms. The summed E-state index contributed by atoms with van der Waals surface area (Å²) in [6, 6.07) is 6.57. The van der Waals surface area contributed by atoms with Gasteiger partial charge in [0.2, 0.25) is 15.9 Å². The third kappa shape index (κ3) is 4.77. The highest BCUT2D eigenvalue weighted by molar-refractivity contribution is 7.92. The summed E-state index contributed by atoms with van der Waals surface area (Å²) < 4.78 is 69.9. The number of sulfonamides is 1. The van der Waals surface area contributed by atoms with E-state index in [1.54, 1.807) is 18.0 Å². The van der Waals surface area contributed by atoms with E-state index in [0.29, 0.717) is 18.8 Å². The molecule has 3 unspecified atom stereocenters. The molecule has 13 heteroatoms. The molecule has 2 N–H and O–H groups in total. The van der Waals surface area contributed by atoms with Gasteiger partial charge in [-0.05, 0) is 43.5 Å². The van der Waals surface area contributed by atoms with E-state index >= 15 is 0 Å². The molecule has 0 saturated carbocycles. The minimum absolute atomic E-state index is 0.000497. The molecule has 2 fully saturated rings. The Morgan fingerprint density at radius 3 is 2.73 bits per heavy atom. The fourth-order valence-corrected chi connectivity index (χ4v) is 5.93. The second-order valence-corrected chi connectivity index (χ2v) is 11.5. The summed E-state index contributed by atoms with van der Waals surface area (Å²) in [7, 11) is -1.97. The normalized spacial score (nSPS) is 22.5. The van der Waals surface area contributed by atoms with Crippen molar-refractivity contribution in [1.29, 1.82) is 0 Å². The Labute approximate surface area is 212 Å². The number of imidazole rings is 1. The highest BCUT2D eigenvalue weighted by Gasteiger charge is 2.45. The topological polar surface area (TPSA) is 109 Å². The van der Waals surface area contributed by atoms with Crippen molar-refractivity contribution in [2.45, 2.75) is 38.0 Å². The number of benzene rings is 1. The fraction of sp³-hybridized carbons (Fsp3) is 0.458. The van der Waals surface area contributed by atoms with Gasteiger partial charge in [-0.3, -0.25) is 9.52 Å². The predicted octanol–water partition coefficient (Wildman–Crippen LogP) is 2.79. The minimum atomic E-state index is -4.53. The number of likely N-dealkylation sites (N-methyl/N-ethyl adjacent to an activating group) is 1. The number of likely N-dealkylation sites (tertiary alicyclic amines) is 1. The number of rotatable bonds is 6. The monoisotopic (exact) mass is 536 g/mol. The van der Waals surface area contributed by atoms with Crippen LogP contribution in [0.4, 0.5) is 18.9 Å². The molecule has 2 aromatic heterocycles. The molecule has 0 bridgehead atoms. The SMILES string of the molecule is CCS(=O)(=O)Nc1cc(C2CN(C)C(=O)C3NCCC32)nc2c1ncn2Cc1ccccc1C(F)(F)F. The van der Waals surface area contributed by atoms with Crippen molar-refractivity contribution in [3.05, 3.63) is 53.5 Å². The average Bonchev–Trinajstić information content (AvgIpc) is 3.49. The van der Waals surface area contributed by atoms with E-state index in [0.717, 1.165) is 12.5 Å². The van der Waals surface area contributed by atoms with Gasteiger partial charge in [0.15, 0.2) is 5.65 Å². The van der Waals surface area contributed by atoms with Gasteiger partial charge >= 0.3 is 6.18 Å². The summed E-state index contributed by atoms with van der Waals surface area (Å²) >= 11 is 0. The van der Waals surface area contributed by atoms with Gasteiger partial charge in [0.05, 0.1) is 41.6 Å². The number of alkyl halides is 3. The Balaban J connectivity index is 1.63. The van der Waals surface area contributed by atoms with Crippen LogP contribution < -0.4 is 10.0 Å². The quantitative estimate of drug-likeness (QED) is 0.502. The number of hydrogen-bond donors (Lipinski definition) is 2. The lowest BCUT2D eigenvalue weighted by atomic mass is 9.80. The number of hydrogen-bond acceptors (Lipinski definition) is 6. The van der Waals surface area contributed by atoms with Crippen LogP contribution in [0.3, 0.4) is 0 Å². The molecule has 3 atom stereocenters. The van der Waals surface area contributed by atoms with E-state index in [1.165, 1.54) is 36.0 Å². The number of amides is 1. The second-order valence-electron chi connectivity index (χ2n) is 9.51. The summed E-state index contributed by atoms with van der Waals surface area (Å²) in [4.78, 5) is 23.4. The molecular weight excluding hydrogens is 509 g/mol. The van der Waals surface area contributed by atoms with E-state index < -0.39 is 21.8 Å². The van der Waals surface area contributed by atoms with Crippen LogP contribution in [0.15, 0.2) is 36.7 Å². The van der Waals surface area contributed by atoms with Gasteiger partial charge < -0.3 is 14.8 Å². The second kappa shape index (κ2) is 9.28. The number of anilines is 1. The lowest BCUT2D eigenvalue weighted by molar-refractivity contribution is -0.138. The van der Waals surface area contributed by atoms with Crippen molar-refractivity contribution in [3.8, 4) is 0 Å². The highest BCUT2D eigenvalue weighted by Crippen LogP contribution is 2.39. The third-order valence-corrected chi connectivity index (χ3v) is 8.47. The Morgan fingerprint density at radius 2 is 2.00 bits per heavy atom. The summed E-state index contributed by atoms with van der Waals surface area (Å²) in [5.74, 6) is -0.392. The Kier molecular flexibility index (Phi) is 6.39. The maximum absolute atomic E-state index is 13.6. The summed E-state index contributed by atoms with van der Waals surface area (Å²) in [5.41, 5.74) is 0.571. The van der Waals surface area contributed by atoms with E-state index in [2.05, 4.69) is 15.0 Å². The van der Waals surface area contributed by atoms with Crippen LogP contribution in [0.5, 0.6) is 0 Å². The van der Waals surface area contributed by atoms with E-state index in [9.17, 15) is 26.4 Å². The number of aromatic nitrogens is 3. The predicted molar refractivity (Wildman–Crippen MR) is 131 cm³/mol. The van der Waals surface area contributed by atoms with E-state index in [4.69, 9.17) is 4.98 Å². The van der Waals surface area contributed by atoms with Gasteiger partial charge in [0.25, 0.3) is 0 Å². The Hall–Kier alpha value is -3.19. The first-order valence-corrected chi connectivity index (χ1v) is 13.6. The van der Waals surface area contributed by atoms with Crippen molar-refractivity contribution in [2.24, 2.45) is 5.92 Å². The molecule has 2 aliphatic heterocycles. The first-order valence-electron chi connectivity index (χ1n) is 12.0. The zero-order valence-electron chi connectivity index (χ0n) is 20.3. The molecule has 4 heterocycles. The van der Waals surface area contributed by atoms with Gasteiger partial charge in [-0.2, -0.15) is 13.2 Å². The number of piperidine rings is 1. The number of carbonyl (C=O) groups is 1. The summed E-state index contributed by atoms with van der Waals surface area (Å²) in [5, 5.41) is 3.24. The lowest BCUT2D eigenvalue weighted by Crippen LogP contribution is -2.53. The van der Waals surface area contributed by atoms with Crippen molar-refractivity contribution < 1.29 is 26.4 Å². The van der Waals surface area contributed by atoms with Crippen LogP contribution in [-0.4, -0.2) is 65.7 Å². The van der Waals surface area contributed by atoms with Crippen molar-refractivity contribution >= 4 is 32.8 Å². The zero-order chi connectivity index (χ0) is 26.5. The van der Waals surface area contributed by atoms with Crippen molar-refractivity contribution in [3.63, 3.8) is 0 Å². The zero-order valence-corrected chi connectivity index (χ0v) is 21.1. The third-order valence-electron chi connectivity index (χ3n) is 7.18. The number of fused-ring (bicyclic) bond motifs is 2. The molecular formula is C24H27F3N6O3S. The molecule has 0 spiro atoms. The van der Waals surface area contributed by atoms with Crippen LogP contribution in [0.2, 0.25) is 0 Å².